The molecule has 5 nitrogen and oxygen atoms in total. The summed E-state index contributed by atoms with van der Waals surface area (Å²) >= 11 is 0. The molecule has 20 heavy (non-hydrogen) atoms. The first kappa shape index (κ1) is 14.2. The average Bonchev–Trinajstić information content (AvgIpc) is 2.44. The highest BCUT2D eigenvalue weighted by Crippen LogP contribution is 2.19. The number of unbranched alkanes of at least 4 members (excludes halogenated alkanes) is 1. The van der Waals surface area contributed by atoms with Gasteiger partial charge in [0.25, 0.3) is 5.91 Å². The minimum Gasteiger partial charge on any atom is -0.464 e. The van der Waals surface area contributed by atoms with Crippen LogP contribution < -0.4 is 0 Å². The molecule has 2 rings (SSSR count). The van der Waals surface area contributed by atoms with Crippen LogP contribution in [0, 0.1) is 0 Å². The molecule has 1 heterocycles. The zero-order chi connectivity index (χ0) is 14.5. The summed E-state index contributed by atoms with van der Waals surface area (Å²) in [6, 6.07) is 6.94. The molecule has 0 aromatic heterocycles. The molecule has 0 spiro atoms. The maximum Gasteiger partial charge on any atom is 0.326 e. The van der Waals surface area contributed by atoms with E-state index in [9.17, 15) is 14.4 Å². The fraction of sp³-hybridized carbons (Fsp3) is 0.400. The fourth-order valence-electron chi connectivity index (χ4n) is 2.07. The van der Waals surface area contributed by atoms with E-state index < -0.39 is 11.9 Å². The predicted molar refractivity (Wildman–Crippen MR) is 72.1 cm³/mol. The molecule has 0 N–H and O–H groups in total. The van der Waals surface area contributed by atoms with Gasteiger partial charge in [-0.1, -0.05) is 31.5 Å². The number of carbonyl (C=O) groups is 3. The largest absolute Gasteiger partial charge is 0.464 e. The summed E-state index contributed by atoms with van der Waals surface area (Å²) in [6.45, 7) is 2.00. The molecule has 0 atom stereocenters. The number of hydrogen-bond acceptors (Lipinski definition) is 4. The Kier molecular flexibility index (Phi) is 4.50. The first-order valence-corrected chi connectivity index (χ1v) is 6.71. The number of rotatable bonds is 5. The van der Waals surface area contributed by atoms with Gasteiger partial charge in [-0.25, -0.2) is 0 Å². The van der Waals surface area contributed by atoms with Gasteiger partial charge in [-0.3, -0.25) is 19.3 Å². The molecule has 1 aromatic rings. The normalized spacial score (nSPS) is 14.2. The lowest BCUT2D eigenvalue weighted by Crippen LogP contribution is -2.45. The van der Waals surface area contributed by atoms with Crippen LogP contribution in [0.25, 0.3) is 0 Å². The Balaban J connectivity index is 2.04. The maximum absolute atomic E-state index is 12.2. The number of esters is 1. The number of hydrogen-bond donors (Lipinski definition) is 0. The lowest BCUT2D eigenvalue weighted by molar-refractivity contribution is -0.148. The first-order chi connectivity index (χ1) is 9.63. The summed E-state index contributed by atoms with van der Waals surface area (Å²) in [7, 11) is 0. The van der Waals surface area contributed by atoms with E-state index in [0.717, 1.165) is 17.7 Å². The van der Waals surface area contributed by atoms with Gasteiger partial charge in [0.2, 0.25) is 5.91 Å². The predicted octanol–water partition coefficient (Wildman–Crippen LogP) is 1.55. The van der Waals surface area contributed by atoms with Gasteiger partial charge in [-0.05, 0) is 18.1 Å². The van der Waals surface area contributed by atoms with E-state index in [0.29, 0.717) is 17.7 Å². The summed E-state index contributed by atoms with van der Waals surface area (Å²) in [5.41, 5.74) is 1.19. The number of carbonyl (C=O) groups excluding carboxylic acids is 3. The lowest BCUT2D eigenvalue weighted by atomic mass is 9.98. The van der Waals surface area contributed by atoms with Gasteiger partial charge < -0.3 is 4.74 Å². The molecular formula is C15H17NO4. The molecular weight excluding hydrogens is 258 g/mol. The van der Waals surface area contributed by atoms with Crippen LogP contribution >= 0.6 is 0 Å². The zero-order valence-corrected chi connectivity index (χ0v) is 11.4. The molecule has 0 saturated heterocycles. The van der Waals surface area contributed by atoms with Crippen LogP contribution in [-0.4, -0.2) is 35.8 Å². The van der Waals surface area contributed by atoms with Crippen LogP contribution in [0.4, 0.5) is 0 Å². The number of nitrogens with zero attached hydrogens (tertiary/aromatic N) is 1. The summed E-state index contributed by atoms with van der Waals surface area (Å²) < 4.78 is 4.98. The molecule has 1 aromatic carbocycles. The molecule has 5 heteroatoms. The molecule has 0 aliphatic carbocycles. The van der Waals surface area contributed by atoms with E-state index in [2.05, 4.69) is 0 Å². The van der Waals surface area contributed by atoms with Crippen LogP contribution in [-0.2, 0) is 20.7 Å². The monoisotopic (exact) mass is 275 g/mol. The first-order valence-electron chi connectivity index (χ1n) is 6.71. The second-order valence-corrected chi connectivity index (χ2v) is 4.69. The Morgan fingerprint density at radius 3 is 2.80 bits per heavy atom. The van der Waals surface area contributed by atoms with Crippen molar-refractivity contribution >= 4 is 17.8 Å². The van der Waals surface area contributed by atoms with E-state index in [1.807, 2.05) is 6.92 Å². The van der Waals surface area contributed by atoms with Crippen molar-refractivity contribution in [2.24, 2.45) is 0 Å². The minimum atomic E-state index is -0.542. The van der Waals surface area contributed by atoms with E-state index in [1.165, 1.54) is 0 Å². The molecule has 0 unspecified atom stereocenters. The van der Waals surface area contributed by atoms with Crippen LogP contribution in [0.3, 0.4) is 0 Å². The van der Waals surface area contributed by atoms with E-state index in [-0.39, 0.29) is 18.9 Å². The smallest absolute Gasteiger partial charge is 0.326 e. The fourth-order valence-corrected chi connectivity index (χ4v) is 2.07. The molecule has 0 saturated carbocycles. The summed E-state index contributed by atoms with van der Waals surface area (Å²) in [4.78, 5) is 36.7. The van der Waals surface area contributed by atoms with Crippen LogP contribution in [0.15, 0.2) is 24.3 Å². The van der Waals surface area contributed by atoms with Crippen LogP contribution in [0.2, 0.25) is 0 Å². The highest BCUT2D eigenvalue weighted by molar-refractivity contribution is 6.11. The second kappa shape index (κ2) is 6.32. The Morgan fingerprint density at radius 1 is 1.30 bits per heavy atom. The average molecular weight is 275 g/mol. The third-order valence-corrected chi connectivity index (χ3v) is 3.18. The van der Waals surface area contributed by atoms with Gasteiger partial charge in [-0.2, -0.15) is 0 Å². The Labute approximate surface area is 117 Å². The second-order valence-electron chi connectivity index (χ2n) is 4.69. The molecule has 1 aliphatic heterocycles. The highest BCUT2D eigenvalue weighted by Gasteiger charge is 2.32. The van der Waals surface area contributed by atoms with Crippen molar-refractivity contribution < 1.29 is 19.1 Å². The number of fused-ring (bicyclic) bond motifs is 1. The number of amides is 2. The van der Waals surface area contributed by atoms with E-state index in [4.69, 9.17) is 4.74 Å². The van der Waals surface area contributed by atoms with Crippen molar-refractivity contribution in [1.29, 1.82) is 0 Å². The van der Waals surface area contributed by atoms with Gasteiger partial charge in [-0.15, -0.1) is 0 Å². The van der Waals surface area contributed by atoms with Gasteiger partial charge in [0, 0.05) is 5.56 Å². The van der Waals surface area contributed by atoms with Crippen molar-refractivity contribution in [2.75, 3.05) is 13.2 Å². The number of imide groups is 1. The number of ether oxygens (including phenoxy) is 1. The van der Waals surface area contributed by atoms with Crippen molar-refractivity contribution in [3.05, 3.63) is 35.4 Å². The maximum atomic E-state index is 12.2. The third-order valence-electron chi connectivity index (χ3n) is 3.18. The molecule has 1 aliphatic rings. The molecule has 0 fully saturated rings. The van der Waals surface area contributed by atoms with Gasteiger partial charge in [0.05, 0.1) is 13.0 Å². The Bertz CT molecular complexity index is 538. The van der Waals surface area contributed by atoms with E-state index in [1.54, 1.807) is 24.3 Å². The molecule has 106 valence electrons. The molecule has 0 bridgehead atoms. The minimum absolute atomic E-state index is 0.143. The van der Waals surface area contributed by atoms with Crippen molar-refractivity contribution in [3.8, 4) is 0 Å². The quantitative estimate of drug-likeness (QED) is 0.464. The van der Waals surface area contributed by atoms with Gasteiger partial charge >= 0.3 is 5.97 Å². The van der Waals surface area contributed by atoms with Gasteiger partial charge in [0.15, 0.2) is 0 Å². The number of benzene rings is 1. The van der Waals surface area contributed by atoms with Crippen molar-refractivity contribution in [3.63, 3.8) is 0 Å². The molecule has 0 radical (unpaired) electrons. The van der Waals surface area contributed by atoms with Crippen molar-refractivity contribution in [2.45, 2.75) is 26.2 Å². The van der Waals surface area contributed by atoms with E-state index >= 15 is 0 Å². The highest BCUT2D eigenvalue weighted by atomic mass is 16.5. The van der Waals surface area contributed by atoms with Crippen LogP contribution in [0.1, 0.15) is 35.7 Å². The SMILES string of the molecule is CCCCOC(=O)CN1C(=O)Cc2ccccc2C1=O. The Hall–Kier alpha value is -2.17. The lowest BCUT2D eigenvalue weighted by Gasteiger charge is -2.25. The summed E-state index contributed by atoms with van der Waals surface area (Å²) in [5.74, 6) is -1.33. The van der Waals surface area contributed by atoms with Crippen LogP contribution in [0.5, 0.6) is 0 Å². The topological polar surface area (TPSA) is 63.7 Å². The molecule has 2 amide bonds. The zero-order valence-electron chi connectivity index (χ0n) is 11.4. The van der Waals surface area contributed by atoms with Crippen molar-refractivity contribution in [1.82, 2.24) is 4.90 Å². The standard InChI is InChI=1S/C15H17NO4/c1-2-3-8-20-14(18)10-16-13(17)9-11-6-4-5-7-12(11)15(16)19/h4-7H,2-3,8-10H2,1H3. The third kappa shape index (κ3) is 3.04. The summed E-state index contributed by atoms with van der Waals surface area (Å²) in [5, 5.41) is 0. The van der Waals surface area contributed by atoms with Gasteiger partial charge in [0.1, 0.15) is 6.54 Å². The Morgan fingerprint density at radius 2 is 2.05 bits per heavy atom. The summed E-state index contributed by atoms with van der Waals surface area (Å²) in [6.07, 6.45) is 1.84.